The highest BCUT2D eigenvalue weighted by molar-refractivity contribution is 7.89. The number of ether oxygens (including phenoxy) is 4. The summed E-state index contributed by atoms with van der Waals surface area (Å²) in [7, 11) is -1.39. The zero-order chi connectivity index (χ0) is 31.7. The van der Waals surface area contributed by atoms with Gasteiger partial charge >= 0.3 is 6.09 Å². The number of hydrogen-bond acceptors (Lipinski definition) is 9. The second kappa shape index (κ2) is 15.1. The van der Waals surface area contributed by atoms with E-state index in [0.717, 1.165) is 14.8 Å². The van der Waals surface area contributed by atoms with Crippen molar-refractivity contribution in [1.29, 1.82) is 0 Å². The molecule has 2 aromatic rings. The predicted molar refractivity (Wildman–Crippen MR) is 159 cm³/mol. The third kappa shape index (κ3) is 9.44. The molecule has 11 nitrogen and oxygen atoms in total. The van der Waals surface area contributed by atoms with E-state index in [2.05, 4.69) is 0 Å². The Morgan fingerprint density at radius 2 is 1.81 bits per heavy atom. The first-order valence-corrected chi connectivity index (χ1v) is 15.6. The first kappa shape index (κ1) is 34.4. The smallest absolute Gasteiger partial charge is 0.419 e. The number of sulfonamides is 1. The lowest BCUT2D eigenvalue weighted by Gasteiger charge is -2.41. The van der Waals surface area contributed by atoms with Crippen LogP contribution in [-0.2, 0) is 41.1 Å². The summed E-state index contributed by atoms with van der Waals surface area (Å²) in [5, 5.41) is 10.1. The Bertz CT molecular complexity index is 1340. The van der Waals surface area contributed by atoms with Crippen LogP contribution in [0.25, 0.3) is 0 Å². The van der Waals surface area contributed by atoms with Crippen LogP contribution in [0, 0.1) is 5.82 Å². The Kier molecular flexibility index (Phi) is 12.0. The Morgan fingerprint density at radius 3 is 2.44 bits per heavy atom. The molecule has 1 amide bonds. The lowest BCUT2D eigenvalue weighted by atomic mass is 9.86. The number of benzene rings is 2. The average Bonchev–Trinajstić information content (AvgIpc) is 2.95. The summed E-state index contributed by atoms with van der Waals surface area (Å²) in [5.74, 6) is -1.52. The van der Waals surface area contributed by atoms with Crippen molar-refractivity contribution in [2.24, 2.45) is 4.99 Å². The van der Waals surface area contributed by atoms with Crippen molar-refractivity contribution in [2.45, 2.75) is 57.5 Å². The van der Waals surface area contributed by atoms with Crippen LogP contribution in [0.5, 0.6) is 0 Å². The molecule has 0 aromatic heterocycles. The summed E-state index contributed by atoms with van der Waals surface area (Å²) in [4.78, 5) is 19.2. The van der Waals surface area contributed by atoms with Crippen molar-refractivity contribution in [3.05, 3.63) is 71.5 Å². The minimum Gasteiger partial charge on any atom is -0.443 e. The highest BCUT2D eigenvalue weighted by atomic mass is 32.2. The Balaban J connectivity index is 2.06. The number of aliphatic hydroxyl groups is 1. The zero-order valence-corrected chi connectivity index (χ0v) is 26.2. The number of amides is 1. The first-order valence-electron chi connectivity index (χ1n) is 14.0. The highest BCUT2D eigenvalue weighted by Crippen LogP contribution is 2.39. The molecular formula is C30H42FN3O8S. The third-order valence-corrected chi connectivity index (χ3v) is 8.57. The van der Waals surface area contributed by atoms with Gasteiger partial charge in [-0.3, -0.25) is 0 Å². The van der Waals surface area contributed by atoms with E-state index >= 15 is 4.39 Å². The summed E-state index contributed by atoms with van der Waals surface area (Å²) < 4.78 is 65.8. The van der Waals surface area contributed by atoms with E-state index in [1.807, 2.05) is 30.3 Å². The van der Waals surface area contributed by atoms with E-state index in [1.54, 1.807) is 26.8 Å². The minimum absolute atomic E-state index is 0.0167. The van der Waals surface area contributed by atoms with E-state index < -0.39 is 51.7 Å². The third-order valence-electron chi connectivity index (χ3n) is 6.73. The molecule has 0 fully saturated rings. The van der Waals surface area contributed by atoms with Gasteiger partial charge in [0, 0.05) is 19.7 Å². The Hall–Kier alpha value is -3.10. The van der Waals surface area contributed by atoms with Crippen LogP contribution in [0.15, 0.2) is 59.6 Å². The molecule has 0 aliphatic carbocycles. The summed E-state index contributed by atoms with van der Waals surface area (Å²) in [6.45, 7) is 4.83. The van der Waals surface area contributed by atoms with E-state index in [0.29, 0.717) is 0 Å². The van der Waals surface area contributed by atoms with E-state index in [4.69, 9.17) is 23.9 Å². The molecule has 0 saturated carbocycles. The molecule has 1 aliphatic rings. The number of guanidine groups is 1. The number of methoxy groups -OCH3 is 1. The Morgan fingerprint density at radius 1 is 1.14 bits per heavy atom. The van der Waals surface area contributed by atoms with Gasteiger partial charge in [-0.2, -0.15) is 0 Å². The van der Waals surface area contributed by atoms with Crippen LogP contribution in [0.4, 0.5) is 9.18 Å². The molecular weight excluding hydrogens is 581 g/mol. The molecule has 2 atom stereocenters. The number of rotatable bonds is 13. The molecule has 0 bridgehead atoms. The molecule has 0 saturated heterocycles. The normalized spacial score (nSPS) is 19.0. The lowest BCUT2D eigenvalue weighted by Crippen LogP contribution is -2.57. The van der Waals surface area contributed by atoms with Gasteiger partial charge in [-0.15, -0.1) is 0 Å². The molecule has 1 heterocycles. The van der Waals surface area contributed by atoms with E-state index in [-0.39, 0.29) is 50.8 Å². The largest absolute Gasteiger partial charge is 0.443 e. The van der Waals surface area contributed by atoms with Gasteiger partial charge in [0.15, 0.2) is 0 Å². The van der Waals surface area contributed by atoms with Crippen molar-refractivity contribution in [3.8, 4) is 0 Å². The number of carbonyl (C=O) groups excluding carboxylic acids is 1. The first-order chi connectivity index (χ1) is 20.3. The maximum atomic E-state index is 15.4. The fourth-order valence-electron chi connectivity index (χ4n) is 4.51. The van der Waals surface area contributed by atoms with Crippen LogP contribution in [0.3, 0.4) is 0 Å². The molecule has 0 radical (unpaired) electrons. The number of aliphatic imine (C=N–C) groups is 1. The van der Waals surface area contributed by atoms with Crippen LogP contribution < -0.4 is 0 Å². The Labute approximate surface area is 253 Å². The van der Waals surface area contributed by atoms with Crippen molar-refractivity contribution in [1.82, 2.24) is 9.21 Å². The van der Waals surface area contributed by atoms with Gasteiger partial charge in [0.1, 0.15) is 23.7 Å². The monoisotopic (exact) mass is 623 g/mol. The summed E-state index contributed by atoms with van der Waals surface area (Å²) in [6, 6.07) is 15.2. The van der Waals surface area contributed by atoms with Crippen LogP contribution in [0.1, 0.15) is 44.7 Å². The van der Waals surface area contributed by atoms with Crippen molar-refractivity contribution in [2.75, 3.05) is 46.5 Å². The molecule has 0 spiro atoms. The maximum Gasteiger partial charge on any atom is 0.419 e. The van der Waals surface area contributed by atoms with E-state index in [9.17, 15) is 18.3 Å². The fourth-order valence-corrected chi connectivity index (χ4v) is 6.06. The maximum absolute atomic E-state index is 15.4. The van der Waals surface area contributed by atoms with Gasteiger partial charge in [0.2, 0.25) is 16.0 Å². The highest BCUT2D eigenvalue weighted by Gasteiger charge is 2.48. The quantitative estimate of drug-likeness (QED) is 0.263. The van der Waals surface area contributed by atoms with Gasteiger partial charge in [0.25, 0.3) is 0 Å². The van der Waals surface area contributed by atoms with Crippen molar-refractivity contribution >= 4 is 22.1 Å². The van der Waals surface area contributed by atoms with Crippen molar-refractivity contribution < 1.29 is 41.7 Å². The lowest BCUT2D eigenvalue weighted by molar-refractivity contribution is -0.00748. The number of carbonyl (C=O) groups is 1. The molecule has 1 N–H and O–H groups in total. The zero-order valence-electron chi connectivity index (χ0n) is 25.4. The average molecular weight is 624 g/mol. The minimum atomic E-state index is -4.15. The second-order valence-corrected chi connectivity index (χ2v) is 13.2. The van der Waals surface area contributed by atoms with Crippen LogP contribution in [0.2, 0.25) is 0 Å². The summed E-state index contributed by atoms with van der Waals surface area (Å²) in [5.41, 5.74) is -1.65. The molecule has 13 heteroatoms. The number of hydrogen-bond donors (Lipinski definition) is 1. The topological polar surface area (TPSA) is 127 Å². The van der Waals surface area contributed by atoms with Gasteiger partial charge < -0.3 is 24.1 Å². The molecule has 43 heavy (non-hydrogen) atoms. The van der Waals surface area contributed by atoms with Gasteiger partial charge in [-0.05, 0) is 45.2 Å². The van der Waals surface area contributed by atoms with Crippen molar-refractivity contribution in [3.63, 3.8) is 0 Å². The van der Waals surface area contributed by atoms with Gasteiger partial charge in [-0.25, -0.2) is 31.8 Å². The molecule has 2 aromatic carbocycles. The summed E-state index contributed by atoms with van der Waals surface area (Å²) in [6.07, 6.45) is -1.46. The van der Waals surface area contributed by atoms with E-state index in [1.165, 1.54) is 32.4 Å². The molecule has 2 unspecified atom stereocenters. The number of aliphatic hydroxyl groups excluding tert-OH is 1. The number of nitrogens with zero attached hydrogens (tertiary/aromatic N) is 3. The van der Waals surface area contributed by atoms with Gasteiger partial charge in [-0.1, -0.05) is 48.5 Å². The summed E-state index contributed by atoms with van der Waals surface area (Å²) >= 11 is 0. The number of halogens is 1. The SMILES string of the molecule is COCCOCN(C(=O)OC(C)(C)C)C1=NC(CCC(CO)OCc2ccccc2)(c2ccccc2F)CS(=O)(=O)N1C. The fraction of sp³-hybridized carbons (Fsp3) is 0.533. The van der Waals surface area contributed by atoms with Crippen LogP contribution >= 0.6 is 0 Å². The molecule has 3 rings (SSSR count). The van der Waals surface area contributed by atoms with Gasteiger partial charge in [0.05, 0.1) is 38.3 Å². The second-order valence-electron chi connectivity index (χ2n) is 11.2. The molecule has 238 valence electrons. The standard InChI is InChI=1S/C30H42FN3O8S/c1-29(2,3)42-28(36)34(22-40-18-17-39-5)27-32-30(21-43(37,38)33(27)4,25-13-9-10-14-26(25)31)16-15-24(19-35)41-20-23-11-7-6-8-12-23/h6-14,24,35H,15-22H2,1-5H3. The predicted octanol–water partition coefficient (Wildman–Crippen LogP) is 3.87. The molecule has 1 aliphatic heterocycles. The van der Waals surface area contributed by atoms with Crippen LogP contribution in [-0.4, -0.2) is 92.9 Å².